The first kappa shape index (κ1) is 23.6. The summed E-state index contributed by atoms with van der Waals surface area (Å²) in [7, 11) is 1.79. The van der Waals surface area contributed by atoms with Crippen molar-refractivity contribution in [3.8, 4) is 0 Å². The summed E-state index contributed by atoms with van der Waals surface area (Å²) in [5.74, 6) is 2.39. The molecule has 6 heteroatoms. The predicted octanol–water partition coefficient (Wildman–Crippen LogP) is 4.04. The van der Waals surface area contributed by atoms with Crippen LogP contribution in [-0.4, -0.2) is 36.0 Å². The monoisotopic (exact) mass is 507 g/mol. The fourth-order valence-electron chi connectivity index (χ4n) is 4.03. The van der Waals surface area contributed by atoms with Crippen LogP contribution in [0.3, 0.4) is 0 Å². The highest BCUT2D eigenvalue weighted by Gasteiger charge is 2.21. The van der Waals surface area contributed by atoms with Gasteiger partial charge >= 0.3 is 0 Å². The fraction of sp³-hybridized carbons (Fsp3) is 0.478. The van der Waals surface area contributed by atoms with Gasteiger partial charge in [-0.15, -0.1) is 24.0 Å². The molecule has 0 spiro atoms. The average Bonchev–Trinajstić information content (AvgIpc) is 2.69. The van der Waals surface area contributed by atoms with Gasteiger partial charge in [-0.05, 0) is 41.5 Å². The maximum atomic E-state index is 4.32. The number of piperidine rings is 1. The molecule has 158 valence electrons. The number of nitrogens with zero attached hydrogens (tertiary/aromatic N) is 3. The molecular weight excluding hydrogens is 473 g/mol. The molecule has 29 heavy (non-hydrogen) atoms. The normalized spacial score (nSPS) is 20.0. The Morgan fingerprint density at radius 2 is 1.66 bits per heavy atom. The van der Waals surface area contributed by atoms with Crippen molar-refractivity contribution >= 4 is 29.9 Å². The van der Waals surface area contributed by atoms with E-state index in [1.807, 2.05) is 18.2 Å². The summed E-state index contributed by atoms with van der Waals surface area (Å²) in [5.41, 5.74) is 3.64. The minimum Gasteiger partial charge on any atom is -0.352 e. The maximum absolute atomic E-state index is 4.32. The van der Waals surface area contributed by atoms with E-state index in [4.69, 9.17) is 0 Å². The summed E-state index contributed by atoms with van der Waals surface area (Å²) in [4.78, 5) is 11.2. The Hall–Kier alpha value is -1.67. The number of rotatable bonds is 6. The van der Waals surface area contributed by atoms with Crippen molar-refractivity contribution in [1.82, 2.24) is 20.5 Å². The third-order valence-corrected chi connectivity index (χ3v) is 5.22. The number of aliphatic imine (C=N–C) groups is 1. The Labute approximate surface area is 192 Å². The zero-order chi connectivity index (χ0) is 19.8. The number of nitrogens with one attached hydrogen (secondary N) is 2. The minimum absolute atomic E-state index is 0. The van der Waals surface area contributed by atoms with Crippen molar-refractivity contribution in [2.75, 3.05) is 20.1 Å². The van der Waals surface area contributed by atoms with Crippen molar-refractivity contribution in [3.63, 3.8) is 0 Å². The second kappa shape index (κ2) is 12.1. The highest BCUT2D eigenvalue weighted by atomic mass is 127. The Morgan fingerprint density at radius 3 is 2.28 bits per heavy atom. The van der Waals surface area contributed by atoms with Gasteiger partial charge in [0.2, 0.25) is 0 Å². The maximum Gasteiger partial charge on any atom is 0.191 e. The molecule has 3 rings (SSSR count). The van der Waals surface area contributed by atoms with Gasteiger partial charge in [-0.1, -0.05) is 44.2 Å². The Morgan fingerprint density at radius 1 is 1.00 bits per heavy atom. The van der Waals surface area contributed by atoms with Crippen molar-refractivity contribution in [2.45, 2.75) is 39.9 Å². The second-order valence-electron chi connectivity index (χ2n) is 8.06. The van der Waals surface area contributed by atoms with Crippen LogP contribution in [0.15, 0.2) is 53.7 Å². The van der Waals surface area contributed by atoms with E-state index in [0.717, 1.165) is 36.6 Å². The zero-order valence-corrected chi connectivity index (χ0v) is 20.1. The van der Waals surface area contributed by atoms with Crippen molar-refractivity contribution in [2.24, 2.45) is 16.8 Å². The van der Waals surface area contributed by atoms with Crippen molar-refractivity contribution < 1.29 is 0 Å². The van der Waals surface area contributed by atoms with Crippen LogP contribution in [0.1, 0.15) is 37.1 Å². The molecule has 0 aliphatic carbocycles. The third-order valence-electron chi connectivity index (χ3n) is 5.22. The van der Waals surface area contributed by atoms with E-state index in [1.165, 1.54) is 30.6 Å². The lowest BCUT2D eigenvalue weighted by Crippen LogP contribution is -2.38. The first-order valence-corrected chi connectivity index (χ1v) is 10.3. The Balaban J connectivity index is 0.00000300. The van der Waals surface area contributed by atoms with Gasteiger partial charge in [0.25, 0.3) is 0 Å². The number of aromatic nitrogens is 1. The SMILES string of the molecule is CN=C(NCc1ccc(CN2CC(C)CC(C)C2)cc1)NCc1ccccn1.I. The lowest BCUT2D eigenvalue weighted by molar-refractivity contribution is 0.134. The van der Waals surface area contributed by atoms with Gasteiger partial charge in [-0.25, -0.2) is 0 Å². The van der Waals surface area contributed by atoms with Crippen LogP contribution in [0.25, 0.3) is 0 Å². The minimum atomic E-state index is 0. The lowest BCUT2D eigenvalue weighted by Gasteiger charge is -2.35. The molecule has 0 radical (unpaired) electrons. The molecule has 2 heterocycles. The van der Waals surface area contributed by atoms with Gasteiger partial charge in [0.1, 0.15) is 0 Å². The van der Waals surface area contributed by atoms with E-state index >= 15 is 0 Å². The molecule has 0 bridgehead atoms. The van der Waals surface area contributed by atoms with Gasteiger partial charge < -0.3 is 10.6 Å². The molecule has 2 aromatic rings. The highest BCUT2D eigenvalue weighted by Crippen LogP contribution is 2.22. The zero-order valence-electron chi connectivity index (χ0n) is 17.8. The molecular formula is C23H34IN5. The molecule has 2 atom stereocenters. The fourth-order valence-corrected chi connectivity index (χ4v) is 4.03. The van der Waals surface area contributed by atoms with Crippen LogP contribution in [0, 0.1) is 11.8 Å². The summed E-state index contributed by atoms with van der Waals surface area (Å²) in [5, 5.41) is 6.67. The molecule has 1 aromatic carbocycles. The van der Waals surface area contributed by atoms with Gasteiger partial charge in [0.15, 0.2) is 5.96 Å². The highest BCUT2D eigenvalue weighted by molar-refractivity contribution is 14.0. The van der Waals surface area contributed by atoms with Crippen LogP contribution in [0.4, 0.5) is 0 Å². The van der Waals surface area contributed by atoms with Crippen LogP contribution in [0.2, 0.25) is 0 Å². The average molecular weight is 507 g/mol. The van der Waals surface area contributed by atoms with E-state index in [1.54, 1.807) is 13.2 Å². The summed E-state index contributed by atoms with van der Waals surface area (Å²) < 4.78 is 0. The molecule has 1 fully saturated rings. The van der Waals surface area contributed by atoms with E-state index in [2.05, 4.69) is 63.6 Å². The van der Waals surface area contributed by atoms with Gasteiger partial charge in [0.05, 0.1) is 12.2 Å². The number of benzene rings is 1. The van der Waals surface area contributed by atoms with Crippen LogP contribution < -0.4 is 10.6 Å². The second-order valence-corrected chi connectivity index (χ2v) is 8.06. The number of pyridine rings is 1. The van der Waals surface area contributed by atoms with Gasteiger partial charge in [-0.3, -0.25) is 14.9 Å². The molecule has 2 unspecified atom stereocenters. The van der Waals surface area contributed by atoms with Crippen molar-refractivity contribution in [3.05, 3.63) is 65.5 Å². The molecule has 1 aliphatic heterocycles. The first-order chi connectivity index (χ1) is 13.6. The number of likely N-dealkylation sites (tertiary alicyclic amines) is 1. The smallest absolute Gasteiger partial charge is 0.191 e. The Bertz CT molecular complexity index is 738. The van der Waals surface area contributed by atoms with E-state index in [0.29, 0.717) is 6.54 Å². The number of hydrogen-bond donors (Lipinski definition) is 2. The number of halogens is 1. The van der Waals surface area contributed by atoms with E-state index in [9.17, 15) is 0 Å². The number of hydrogen-bond acceptors (Lipinski definition) is 3. The molecule has 1 saturated heterocycles. The van der Waals surface area contributed by atoms with Gasteiger partial charge in [0, 0.05) is 39.4 Å². The first-order valence-electron chi connectivity index (χ1n) is 10.3. The summed E-state index contributed by atoms with van der Waals surface area (Å²) in [6.07, 6.45) is 3.16. The van der Waals surface area contributed by atoms with Gasteiger partial charge in [-0.2, -0.15) is 0 Å². The molecule has 1 aromatic heterocycles. The van der Waals surface area contributed by atoms with Crippen molar-refractivity contribution in [1.29, 1.82) is 0 Å². The van der Waals surface area contributed by atoms with Crippen LogP contribution >= 0.6 is 24.0 Å². The predicted molar refractivity (Wildman–Crippen MR) is 131 cm³/mol. The molecule has 0 amide bonds. The van der Waals surface area contributed by atoms with Crippen LogP contribution in [0.5, 0.6) is 0 Å². The quantitative estimate of drug-likeness (QED) is 0.352. The topological polar surface area (TPSA) is 52.6 Å². The summed E-state index contributed by atoms with van der Waals surface area (Å²) in [6, 6.07) is 14.9. The summed E-state index contributed by atoms with van der Waals surface area (Å²) >= 11 is 0. The lowest BCUT2D eigenvalue weighted by atomic mass is 9.91. The molecule has 1 aliphatic rings. The molecule has 0 saturated carbocycles. The van der Waals surface area contributed by atoms with E-state index in [-0.39, 0.29) is 24.0 Å². The molecule has 2 N–H and O–H groups in total. The summed E-state index contributed by atoms with van der Waals surface area (Å²) in [6.45, 7) is 9.62. The molecule has 5 nitrogen and oxygen atoms in total. The Kier molecular flexibility index (Phi) is 9.87. The van der Waals surface area contributed by atoms with E-state index < -0.39 is 0 Å². The van der Waals surface area contributed by atoms with Crippen LogP contribution in [-0.2, 0) is 19.6 Å². The third kappa shape index (κ3) is 7.93. The standard InChI is InChI=1S/C23H33N5.HI/c1-18-12-19(2)16-28(15-18)17-21-9-7-20(8-10-21)13-26-23(24-3)27-14-22-6-4-5-11-25-22;/h4-11,18-19H,12-17H2,1-3H3,(H2,24,26,27);1H. The largest absolute Gasteiger partial charge is 0.352 e. The number of guanidine groups is 1.